The zero-order chi connectivity index (χ0) is 14.5. The zero-order valence-corrected chi connectivity index (χ0v) is 13.0. The minimum Gasteiger partial charge on any atom is -0.497 e. The van der Waals surface area contributed by atoms with Crippen LogP contribution >= 0.6 is 15.9 Å². The molecule has 0 amide bonds. The van der Waals surface area contributed by atoms with Crippen LogP contribution in [0.3, 0.4) is 0 Å². The Morgan fingerprint density at radius 1 is 1.25 bits per heavy atom. The Bertz CT molecular complexity index is 649. The Morgan fingerprint density at radius 2 is 2.05 bits per heavy atom. The third kappa shape index (κ3) is 3.52. The van der Waals surface area contributed by atoms with Crippen LogP contribution < -0.4 is 9.64 Å². The van der Waals surface area contributed by atoms with Crippen LogP contribution in [0.4, 0.5) is 5.69 Å². The molecule has 0 unspecified atom stereocenters. The Labute approximate surface area is 127 Å². The summed E-state index contributed by atoms with van der Waals surface area (Å²) >= 11 is 3.43. The van der Waals surface area contributed by atoms with E-state index in [2.05, 4.69) is 33.0 Å². The van der Waals surface area contributed by atoms with Crippen molar-refractivity contribution in [3.63, 3.8) is 0 Å². The first kappa shape index (κ1) is 14.4. The van der Waals surface area contributed by atoms with Crippen molar-refractivity contribution in [1.29, 1.82) is 5.26 Å². The quantitative estimate of drug-likeness (QED) is 0.851. The van der Waals surface area contributed by atoms with Gasteiger partial charge < -0.3 is 9.64 Å². The zero-order valence-electron chi connectivity index (χ0n) is 11.4. The molecule has 0 fully saturated rings. The molecule has 0 atom stereocenters. The Morgan fingerprint density at radius 3 is 2.75 bits per heavy atom. The predicted octanol–water partition coefficient (Wildman–Crippen LogP) is 3.97. The molecule has 0 N–H and O–H groups in total. The average Bonchev–Trinajstić information content (AvgIpc) is 2.46. The summed E-state index contributed by atoms with van der Waals surface area (Å²) in [7, 11) is 3.67. The van der Waals surface area contributed by atoms with Crippen LogP contribution in [-0.2, 0) is 6.54 Å². The highest BCUT2D eigenvalue weighted by Gasteiger charge is 2.06. The molecule has 4 heteroatoms. The third-order valence-electron chi connectivity index (χ3n) is 3.01. The lowest BCUT2D eigenvalue weighted by molar-refractivity contribution is 0.414. The fourth-order valence-electron chi connectivity index (χ4n) is 2.00. The van der Waals surface area contributed by atoms with Gasteiger partial charge in [-0.3, -0.25) is 0 Å². The van der Waals surface area contributed by atoms with Gasteiger partial charge in [-0.15, -0.1) is 0 Å². The van der Waals surface area contributed by atoms with Gasteiger partial charge in [-0.05, 0) is 35.9 Å². The van der Waals surface area contributed by atoms with E-state index >= 15 is 0 Å². The molecule has 20 heavy (non-hydrogen) atoms. The fraction of sp³-hybridized carbons (Fsp3) is 0.188. The molecule has 0 radical (unpaired) electrons. The summed E-state index contributed by atoms with van der Waals surface area (Å²) in [5.41, 5.74) is 2.80. The van der Waals surface area contributed by atoms with E-state index in [9.17, 15) is 0 Å². The highest BCUT2D eigenvalue weighted by atomic mass is 79.9. The summed E-state index contributed by atoms with van der Waals surface area (Å²) in [6.07, 6.45) is 0. The lowest BCUT2D eigenvalue weighted by Gasteiger charge is -2.20. The maximum Gasteiger partial charge on any atom is 0.119 e. The van der Waals surface area contributed by atoms with Gasteiger partial charge in [-0.1, -0.05) is 28.1 Å². The van der Waals surface area contributed by atoms with Crippen molar-refractivity contribution in [2.45, 2.75) is 6.54 Å². The van der Waals surface area contributed by atoms with Gasteiger partial charge in [0.25, 0.3) is 0 Å². The second-order valence-corrected chi connectivity index (χ2v) is 5.43. The molecule has 0 aliphatic heterocycles. The molecular formula is C16H15BrN2O. The van der Waals surface area contributed by atoms with Gasteiger partial charge in [-0.25, -0.2) is 0 Å². The van der Waals surface area contributed by atoms with Gasteiger partial charge in [0, 0.05) is 23.8 Å². The van der Waals surface area contributed by atoms with Gasteiger partial charge in [0.1, 0.15) is 5.75 Å². The first-order valence-electron chi connectivity index (χ1n) is 6.17. The number of anilines is 1. The number of rotatable bonds is 4. The molecule has 0 aliphatic rings. The van der Waals surface area contributed by atoms with Crippen molar-refractivity contribution in [1.82, 2.24) is 0 Å². The molecule has 0 saturated heterocycles. The minimum absolute atomic E-state index is 0.645. The Kier molecular flexibility index (Phi) is 4.65. The summed E-state index contributed by atoms with van der Waals surface area (Å²) in [4.78, 5) is 2.10. The van der Waals surface area contributed by atoms with Crippen LogP contribution in [0.1, 0.15) is 11.1 Å². The number of methoxy groups -OCH3 is 1. The number of hydrogen-bond donors (Lipinski definition) is 0. The summed E-state index contributed by atoms with van der Waals surface area (Å²) in [5.74, 6) is 0.850. The van der Waals surface area contributed by atoms with Crippen molar-refractivity contribution in [3.05, 3.63) is 58.1 Å². The first-order chi connectivity index (χ1) is 9.62. The van der Waals surface area contributed by atoms with E-state index in [1.54, 1.807) is 7.11 Å². The van der Waals surface area contributed by atoms with Gasteiger partial charge in [0.2, 0.25) is 0 Å². The van der Waals surface area contributed by atoms with Gasteiger partial charge in [0.05, 0.1) is 18.7 Å². The highest BCUT2D eigenvalue weighted by Crippen LogP contribution is 2.24. The van der Waals surface area contributed by atoms with Crippen molar-refractivity contribution in [3.8, 4) is 11.8 Å². The SMILES string of the molecule is COc1cccc(CN(C)c2cc(Br)cc(C#N)c2)c1. The number of nitriles is 1. The molecule has 0 saturated carbocycles. The number of hydrogen-bond acceptors (Lipinski definition) is 3. The smallest absolute Gasteiger partial charge is 0.119 e. The van der Waals surface area contributed by atoms with E-state index in [4.69, 9.17) is 10.00 Å². The number of benzene rings is 2. The topological polar surface area (TPSA) is 36.3 Å². The first-order valence-corrected chi connectivity index (χ1v) is 6.96. The molecule has 0 aliphatic carbocycles. The number of ether oxygens (including phenoxy) is 1. The maximum atomic E-state index is 9.02. The van der Waals surface area contributed by atoms with E-state index in [0.717, 1.165) is 28.0 Å². The second-order valence-electron chi connectivity index (χ2n) is 4.52. The fourth-order valence-corrected chi connectivity index (χ4v) is 2.48. The van der Waals surface area contributed by atoms with Crippen LogP contribution in [-0.4, -0.2) is 14.2 Å². The van der Waals surface area contributed by atoms with Crippen LogP contribution in [0, 0.1) is 11.3 Å². The molecule has 2 aromatic rings. The van der Waals surface area contributed by atoms with Crippen LogP contribution in [0.15, 0.2) is 46.9 Å². The van der Waals surface area contributed by atoms with Crippen LogP contribution in [0.25, 0.3) is 0 Å². The largest absolute Gasteiger partial charge is 0.497 e. The molecule has 2 rings (SSSR count). The van der Waals surface area contributed by atoms with Crippen molar-refractivity contribution in [2.75, 3.05) is 19.1 Å². The van der Waals surface area contributed by atoms with E-state index < -0.39 is 0 Å². The molecule has 2 aromatic carbocycles. The minimum atomic E-state index is 0.645. The van der Waals surface area contributed by atoms with E-state index in [1.807, 2.05) is 43.4 Å². The van der Waals surface area contributed by atoms with Crippen LogP contribution in [0.2, 0.25) is 0 Å². The lowest BCUT2D eigenvalue weighted by atomic mass is 10.1. The molecule has 0 aromatic heterocycles. The highest BCUT2D eigenvalue weighted by molar-refractivity contribution is 9.10. The summed E-state index contributed by atoms with van der Waals surface area (Å²) in [6, 6.07) is 15.8. The van der Waals surface area contributed by atoms with Gasteiger partial charge in [0.15, 0.2) is 0 Å². The summed E-state index contributed by atoms with van der Waals surface area (Å²) in [6.45, 7) is 0.749. The molecule has 102 valence electrons. The van der Waals surface area contributed by atoms with Crippen molar-refractivity contribution >= 4 is 21.6 Å². The van der Waals surface area contributed by atoms with Crippen LogP contribution in [0.5, 0.6) is 5.75 Å². The molecular weight excluding hydrogens is 316 g/mol. The molecule has 3 nitrogen and oxygen atoms in total. The Hall–Kier alpha value is -1.99. The van der Waals surface area contributed by atoms with E-state index in [0.29, 0.717) is 5.56 Å². The number of nitrogens with zero attached hydrogens (tertiary/aromatic N) is 2. The second kappa shape index (κ2) is 6.44. The summed E-state index contributed by atoms with van der Waals surface area (Å²) in [5, 5.41) is 9.02. The normalized spacial score (nSPS) is 9.90. The van der Waals surface area contributed by atoms with Crippen molar-refractivity contribution in [2.24, 2.45) is 0 Å². The standard InChI is InChI=1S/C16H15BrN2O/c1-19(11-12-4-3-5-16(8-12)20-2)15-7-13(10-18)6-14(17)9-15/h3-9H,11H2,1-2H3. The van der Waals surface area contributed by atoms with E-state index in [1.165, 1.54) is 0 Å². The number of halogens is 1. The predicted molar refractivity (Wildman–Crippen MR) is 84.0 cm³/mol. The molecule has 0 bridgehead atoms. The van der Waals surface area contributed by atoms with E-state index in [-0.39, 0.29) is 0 Å². The van der Waals surface area contributed by atoms with Gasteiger partial charge in [-0.2, -0.15) is 5.26 Å². The Balaban J connectivity index is 2.21. The van der Waals surface area contributed by atoms with Gasteiger partial charge >= 0.3 is 0 Å². The van der Waals surface area contributed by atoms with Crippen molar-refractivity contribution < 1.29 is 4.74 Å². The maximum absolute atomic E-state index is 9.02. The third-order valence-corrected chi connectivity index (χ3v) is 3.46. The lowest BCUT2D eigenvalue weighted by Crippen LogP contribution is -2.16. The molecule has 0 spiro atoms. The molecule has 0 heterocycles. The summed E-state index contributed by atoms with van der Waals surface area (Å²) < 4.78 is 6.14. The average molecular weight is 331 g/mol. The monoisotopic (exact) mass is 330 g/mol.